The molecule has 0 saturated carbocycles. The van der Waals surface area contributed by atoms with Gasteiger partial charge in [-0.1, -0.05) is 0 Å². The first-order valence-corrected chi connectivity index (χ1v) is 6.70. The number of nitrogens with zero attached hydrogens (tertiary/aromatic N) is 1. The molecular formula is C9H21ClN2O3S. The molecule has 1 saturated heterocycles. The van der Waals surface area contributed by atoms with Gasteiger partial charge in [-0.15, -0.1) is 12.4 Å². The molecule has 1 N–H and O–H groups in total. The Balaban J connectivity index is 0.00000225. The minimum absolute atomic E-state index is 0. The van der Waals surface area contributed by atoms with Gasteiger partial charge < -0.3 is 10.1 Å². The zero-order valence-electron chi connectivity index (χ0n) is 9.97. The number of rotatable bonds is 4. The summed E-state index contributed by atoms with van der Waals surface area (Å²) in [5.41, 5.74) is 0. The lowest BCUT2D eigenvalue weighted by molar-refractivity contribution is 0.195. The van der Waals surface area contributed by atoms with E-state index in [9.17, 15) is 8.42 Å². The standard InChI is InChI=1S/C9H20N2O3S.ClH/c1-8-6-10-4-5-11(8)15(12,13)9(2)7-14-3;/h8-10H,4-7H2,1-3H3;1H. The van der Waals surface area contributed by atoms with E-state index in [1.807, 2.05) is 6.92 Å². The molecule has 98 valence electrons. The summed E-state index contributed by atoms with van der Waals surface area (Å²) >= 11 is 0. The molecule has 16 heavy (non-hydrogen) atoms. The fourth-order valence-corrected chi connectivity index (χ4v) is 3.44. The number of halogens is 1. The Kier molecular flexibility index (Phi) is 6.81. The van der Waals surface area contributed by atoms with Gasteiger partial charge in [-0.25, -0.2) is 8.42 Å². The van der Waals surface area contributed by atoms with Gasteiger partial charge in [0.2, 0.25) is 10.0 Å². The molecule has 1 aliphatic heterocycles. The number of piperazine rings is 1. The molecule has 1 aliphatic rings. The summed E-state index contributed by atoms with van der Waals surface area (Å²) in [7, 11) is -1.68. The van der Waals surface area contributed by atoms with Crippen molar-refractivity contribution in [3.05, 3.63) is 0 Å². The Bertz CT molecular complexity index is 297. The van der Waals surface area contributed by atoms with Crippen LogP contribution in [0.5, 0.6) is 0 Å². The molecule has 1 rings (SSSR count). The Morgan fingerprint density at radius 2 is 2.19 bits per heavy atom. The minimum atomic E-state index is -3.21. The van der Waals surface area contributed by atoms with Crippen molar-refractivity contribution in [3.8, 4) is 0 Å². The molecule has 5 nitrogen and oxygen atoms in total. The summed E-state index contributed by atoms with van der Waals surface area (Å²) in [6, 6.07) is 0.0306. The van der Waals surface area contributed by atoms with E-state index in [0.717, 1.165) is 13.1 Å². The first-order chi connectivity index (χ1) is 7.00. The van der Waals surface area contributed by atoms with Crippen LogP contribution in [0.3, 0.4) is 0 Å². The molecule has 2 unspecified atom stereocenters. The lowest BCUT2D eigenvalue weighted by Crippen LogP contribution is -2.54. The molecular weight excluding hydrogens is 252 g/mol. The van der Waals surface area contributed by atoms with Gasteiger partial charge in [0.25, 0.3) is 0 Å². The summed E-state index contributed by atoms with van der Waals surface area (Å²) in [6.07, 6.45) is 0. The van der Waals surface area contributed by atoms with Crippen molar-refractivity contribution in [2.75, 3.05) is 33.4 Å². The van der Waals surface area contributed by atoms with Gasteiger partial charge in [0.1, 0.15) is 0 Å². The van der Waals surface area contributed by atoms with Crippen molar-refractivity contribution in [3.63, 3.8) is 0 Å². The second-order valence-electron chi connectivity index (χ2n) is 3.97. The van der Waals surface area contributed by atoms with Gasteiger partial charge in [-0.2, -0.15) is 4.31 Å². The third-order valence-electron chi connectivity index (χ3n) is 2.68. The van der Waals surface area contributed by atoms with Crippen LogP contribution in [0.4, 0.5) is 0 Å². The molecule has 0 aromatic carbocycles. The number of hydrogen-bond acceptors (Lipinski definition) is 4. The van der Waals surface area contributed by atoms with Gasteiger partial charge in [-0.3, -0.25) is 0 Å². The van der Waals surface area contributed by atoms with Crippen LogP contribution in [0, 0.1) is 0 Å². The summed E-state index contributed by atoms with van der Waals surface area (Å²) in [6.45, 7) is 5.86. The largest absolute Gasteiger partial charge is 0.383 e. The highest BCUT2D eigenvalue weighted by atomic mass is 35.5. The topological polar surface area (TPSA) is 58.6 Å². The number of nitrogens with one attached hydrogen (secondary N) is 1. The Labute approximate surface area is 104 Å². The second kappa shape index (κ2) is 6.76. The van der Waals surface area contributed by atoms with Crippen LogP contribution in [-0.4, -0.2) is 57.4 Å². The Morgan fingerprint density at radius 1 is 1.56 bits per heavy atom. The van der Waals surface area contributed by atoms with Crippen molar-refractivity contribution < 1.29 is 13.2 Å². The van der Waals surface area contributed by atoms with E-state index in [1.54, 1.807) is 11.2 Å². The quantitative estimate of drug-likeness (QED) is 0.787. The highest BCUT2D eigenvalue weighted by Crippen LogP contribution is 2.14. The summed E-state index contributed by atoms with van der Waals surface area (Å²) < 4.78 is 30.7. The highest BCUT2D eigenvalue weighted by Gasteiger charge is 2.33. The lowest BCUT2D eigenvalue weighted by atomic mass is 10.3. The predicted octanol–water partition coefficient (Wildman–Crippen LogP) is 0.0666. The van der Waals surface area contributed by atoms with Crippen LogP contribution >= 0.6 is 12.4 Å². The smallest absolute Gasteiger partial charge is 0.219 e. The molecule has 0 aromatic rings. The van der Waals surface area contributed by atoms with Gasteiger partial charge in [0.15, 0.2) is 0 Å². The SMILES string of the molecule is COCC(C)S(=O)(=O)N1CCNCC1C.Cl. The maximum atomic E-state index is 12.1. The molecule has 0 radical (unpaired) electrons. The van der Waals surface area contributed by atoms with E-state index in [1.165, 1.54) is 7.11 Å². The van der Waals surface area contributed by atoms with E-state index >= 15 is 0 Å². The maximum Gasteiger partial charge on any atom is 0.219 e. The van der Waals surface area contributed by atoms with Crippen molar-refractivity contribution in [1.29, 1.82) is 0 Å². The molecule has 0 bridgehead atoms. The van der Waals surface area contributed by atoms with Gasteiger partial charge in [0.05, 0.1) is 11.9 Å². The third kappa shape index (κ3) is 3.56. The molecule has 0 aliphatic carbocycles. The summed E-state index contributed by atoms with van der Waals surface area (Å²) in [4.78, 5) is 0. The molecule has 0 spiro atoms. The summed E-state index contributed by atoms with van der Waals surface area (Å²) in [5.74, 6) is 0. The Morgan fingerprint density at radius 3 is 2.69 bits per heavy atom. The third-order valence-corrected chi connectivity index (χ3v) is 5.03. The average Bonchev–Trinajstić information content (AvgIpc) is 2.18. The lowest BCUT2D eigenvalue weighted by Gasteiger charge is -2.34. The van der Waals surface area contributed by atoms with Crippen LogP contribution in [0.25, 0.3) is 0 Å². The molecule has 0 amide bonds. The summed E-state index contributed by atoms with van der Waals surface area (Å²) in [5, 5.41) is 2.70. The van der Waals surface area contributed by atoms with Gasteiger partial charge in [-0.05, 0) is 13.8 Å². The maximum absolute atomic E-state index is 12.1. The predicted molar refractivity (Wildman–Crippen MR) is 66.5 cm³/mol. The van der Waals surface area contributed by atoms with Crippen LogP contribution in [0.15, 0.2) is 0 Å². The van der Waals surface area contributed by atoms with Crippen molar-refractivity contribution in [1.82, 2.24) is 9.62 Å². The van der Waals surface area contributed by atoms with Crippen molar-refractivity contribution in [2.45, 2.75) is 25.1 Å². The number of ether oxygens (including phenoxy) is 1. The van der Waals surface area contributed by atoms with Crippen LogP contribution in [-0.2, 0) is 14.8 Å². The molecule has 1 fully saturated rings. The molecule has 1 heterocycles. The minimum Gasteiger partial charge on any atom is -0.383 e. The molecule has 2 atom stereocenters. The van der Waals surface area contributed by atoms with Crippen LogP contribution in [0.2, 0.25) is 0 Å². The molecule has 0 aromatic heterocycles. The van der Waals surface area contributed by atoms with E-state index in [-0.39, 0.29) is 25.1 Å². The van der Waals surface area contributed by atoms with E-state index in [0.29, 0.717) is 6.54 Å². The van der Waals surface area contributed by atoms with Gasteiger partial charge >= 0.3 is 0 Å². The average molecular weight is 273 g/mol. The number of hydrogen-bond donors (Lipinski definition) is 1. The van der Waals surface area contributed by atoms with Crippen molar-refractivity contribution >= 4 is 22.4 Å². The zero-order valence-corrected chi connectivity index (χ0v) is 11.6. The first-order valence-electron chi connectivity index (χ1n) is 5.20. The number of sulfonamides is 1. The first kappa shape index (κ1) is 16.1. The Hall–Kier alpha value is 0.120. The normalized spacial score (nSPS) is 24.8. The van der Waals surface area contributed by atoms with E-state index in [4.69, 9.17) is 4.74 Å². The number of methoxy groups -OCH3 is 1. The van der Waals surface area contributed by atoms with Crippen LogP contribution in [0.1, 0.15) is 13.8 Å². The second-order valence-corrected chi connectivity index (χ2v) is 6.28. The van der Waals surface area contributed by atoms with Crippen molar-refractivity contribution in [2.24, 2.45) is 0 Å². The molecule has 7 heteroatoms. The van der Waals surface area contributed by atoms with E-state index in [2.05, 4.69) is 5.32 Å². The fraction of sp³-hybridized carbons (Fsp3) is 1.00. The zero-order chi connectivity index (χ0) is 11.5. The van der Waals surface area contributed by atoms with Gasteiger partial charge in [0, 0.05) is 32.8 Å². The fourth-order valence-electron chi connectivity index (χ4n) is 1.75. The van der Waals surface area contributed by atoms with Crippen LogP contribution < -0.4 is 5.32 Å². The monoisotopic (exact) mass is 272 g/mol. The van der Waals surface area contributed by atoms with E-state index < -0.39 is 15.3 Å². The highest BCUT2D eigenvalue weighted by molar-refractivity contribution is 7.89.